The van der Waals surface area contributed by atoms with E-state index in [9.17, 15) is 13.2 Å². The Bertz CT molecular complexity index is 401. The molecule has 0 aliphatic rings. The molecule has 0 radical (unpaired) electrons. The van der Waals surface area contributed by atoms with E-state index in [0.29, 0.717) is 6.42 Å². The summed E-state index contributed by atoms with van der Waals surface area (Å²) in [6, 6.07) is 0. The molecular weight excluding hydrogens is 262 g/mol. The van der Waals surface area contributed by atoms with Crippen LogP contribution in [0.2, 0.25) is 0 Å². The van der Waals surface area contributed by atoms with E-state index in [1.165, 1.54) is 20.8 Å². The molecule has 108 valence electrons. The van der Waals surface area contributed by atoms with E-state index >= 15 is 0 Å². The summed E-state index contributed by atoms with van der Waals surface area (Å²) in [5, 5.41) is 0. The van der Waals surface area contributed by atoms with Crippen molar-refractivity contribution in [2.24, 2.45) is 0 Å². The largest absolute Gasteiger partial charge is 0.456 e. The van der Waals surface area contributed by atoms with Gasteiger partial charge in [0.25, 0.3) is 0 Å². The normalized spacial score (nSPS) is 13.4. The summed E-state index contributed by atoms with van der Waals surface area (Å²) in [6.45, 7) is 9.40. The molecule has 1 atom stereocenters. The first-order chi connectivity index (χ1) is 7.49. The maximum absolute atomic E-state index is 11.3. The Balaban J connectivity index is 0. The van der Waals surface area contributed by atoms with Crippen molar-refractivity contribution in [3.63, 3.8) is 0 Å². The van der Waals surface area contributed by atoms with Crippen molar-refractivity contribution >= 4 is 16.4 Å². The van der Waals surface area contributed by atoms with E-state index in [2.05, 4.69) is 10.8 Å². The number of ether oxygens (including phenoxy) is 1. The van der Waals surface area contributed by atoms with Crippen LogP contribution in [0.15, 0.2) is 12.2 Å². The SMILES string of the molecule is C=C(C)C(=O)OC(CC)C(C)(C)OS(=O)(=O)O.N. The van der Waals surface area contributed by atoms with Gasteiger partial charge in [-0.1, -0.05) is 13.5 Å². The fraction of sp³-hybridized carbons (Fsp3) is 0.700. The zero-order valence-corrected chi connectivity index (χ0v) is 11.9. The summed E-state index contributed by atoms with van der Waals surface area (Å²) < 4.78 is 39.5. The van der Waals surface area contributed by atoms with Gasteiger partial charge in [0.1, 0.15) is 11.7 Å². The molecule has 0 bridgehead atoms. The minimum absolute atomic E-state index is 0. The molecule has 0 aromatic carbocycles. The van der Waals surface area contributed by atoms with Crippen molar-refractivity contribution in [2.45, 2.75) is 45.8 Å². The van der Waals surface area contributed by atoms with Crippen molar-refractivity contribution in [1.29, 1.82) is 0 Å². The van der Waals surface area contributed by atoms with Crippen LogP contribution in [0.3, 0.4) is 0 Å². The lowest BCUT2D eigenvalue weighted by molar-refractivity contribution is -0.155. The fourth-order valence-electron chi connectivity index (χ4n) is 1.27. The molecule has 0 aromatic rings. The summed E-state index contributed by atoms with van der Waals surface area (Å²) in [6.07, 6.45) is -0.477. The van der Waals surface area contributed by atoms with Gasteiger partial charge in [-0.15, -0.1) is 0 Å². The number of carbonyl (C=O) groups is 1. The van der Waals surface area contributed by atoms with Crippen LogP contribution < -0.4 is 6.15 Å². The zero-order chi connectivity index (χ0) is 13.9. The first kappa shape index (κ1) is 19.4. The van der Waals surface area contributed by atoms with Crippen LogP contribution in [-0.2, 0) is 24.1 Å². The highest BCUT2D eigenvalue weighted by atomic mass is 32.3. The topological polar surface area (TPSA) is 125 Å². The standard InChI is InChI=1S/C10H18O6S.H3N/c1-6-8(15-9(11)7(2)3)10(4,5)16-17(12,13)14;/h8H,2,6H2,1,3-5H3,(H,12,13,14);1H3. The van der Waals surface area contributed by atoms with E-state index in [1.807, 2.05) is 0 Å². The second kappa shape index (κ2) is 6.83. The van der Waals surface area contributed by atoms with Crippen LogP contribution in [0.1, 0.15) is 34.1 Å². The van der Waals surface area contributed by atoms with Crippen LogP contribution in [0, 0.1) is 0 Å². The molecule has 1 unspecified atom stereocenters. The average Bonchev–Trinajstić information content (AvgIpc) is 2.08. The molecule has 0 rings (SSSR count). The third-order valence-electron chi connectivity index (χ3n) is 2.06. The van der Waals surface area contributed by atoms with E-state index in [-0.39, 0.29) is 11.7 Å². The van der Waals surface area contributed by atoms with Gasteiger partial charge in [0.15, 0.2) is 0 Å². The van der Waals surface area contributed by atoms with Gasteiger partial charge in [0, 0.05) is 5.57 Å². The summed E-state index contributed by atoms with van der Waals surface area (Å²) in [5.41, 5.74) is -1.15. The molecule has 0 saturated carbocycles. The Kier molecular flexibility index (Phi) is 7.36. The van der Waals surface area contributed by atoms with E-state index in [0.717, 1.165) is 0 Å². The maximum Gasteiger partial charge on any atom is 0.398 e. The predicted octanol–water partition coefficient (Wildman–Crippen LogP) is 1.64. The van der Waals surface area contributed by atoms with Crippen LogP contribution in [0.4, 0.5) is 0 Å². The van der Waals surface area contributed by atoms with Gasteiger partial charge in [-0.05, 0) is 27.2 Å². The van der Waals surface area contributed by atoms with Crippen LogP contribution in [-0.4, -0.2) is 30.6 Å². The summed E-state index contributed by atoms with van der Waals surface area (Å²) in [5.74, 6) is -0.635. The quantitative estimate of drug-likeness (QED) is 0.431. The first-order valence-electron chi connectivity index (χ1n) is 5.04. The first-order valence-corrected chi connectivity index (χ1v) is 6.40. The van der Waals surface area contributed by atoms with Crippen LogP contribution >= 0.6 is 0 Å². The van der Waals surface area contributed by atoms with Gasteiger partial charge in [0.2, 0.25) is 0 Å². The van der Waals surface area contributed by atoms with Crippen molar-refractivity contribution in [1.82, 2.24) is 6.15 Å². The van der Waals surface area contributed by atoms with Gasteiger partial charge in [-0.25, -0.2) is 8.98 Å². The van der Waals surface area contributed by atoms with Gasteiger partial charge in [0.05, 0.1) is 0 Å². The van der Waals surface area contributed by atoms with Crippen LogP contribution in [0.5, 0.6) is 0 Å². The molecule has 0 aliphatic carbocycles. The lowest BCUT2D eigenvalue weighted by atomic mass is 9.99. The Labute approximate surface area is 108 Å². The molecule has 8 heteroatoms. The van der Waals surface area contributed by atoms with Crippen molar-refractivity contribution < 1.29 is 26.7 Å². The molecule has 0 heterocycles. The third kappa shape index (κ3) is 6.70. The van der Waals surface area contributed by atoms with Gasteiger partial charge in [-0.3, -0.25) is 4.55 Å². The fourth-order valence-corrected chi connectivity index (χ4v) is 1.92. The molecule has 0 aliphatic heterocycles. The number of rotatable bonds is 6. The zero-order valence-electron chi connectivity index (χ0n) is 11.1. The monoisotopic (exact) mass is 283 g/mol. The minimum atomic E-state index is -4.61. The number of esters is 1. The smallest absolute Gasteiger partial charge is 0.398 e. The number of carbonyl (C=O) groups excluding carboxylic acids is 1. The van der Waals surface area contributed by atoms with Gasteiger partial charge in [-0.2, -0.15) is 8.42 Å². The molecule has 0 amide bonds. The molecule has 0 spiro atoms. The van der Waals surface area contributed by atoms with Crippen molar-refractivity contribution in [3.8, 4) is 0 Å². The molecule has 4 N–H and O–H groups in total. The Morgan fingerprint density at radius 3 is 2.17 bits per heavy atom. The van der Waals surface area contributed by atoms with Crippen LogP contribution in [0.25, 0.3) is 0 Å². The Hall–Kier alpha value is -0.960. The summed E-state index contributed by atoms with van der Waals surface area (Å²) >= 11 is 0. The molecule has 18 heavy (non-hydrogen) atoms. The second-order valence-corrected chi connectivity index (χ2v) is 5.22. The van der Waals surface area contributed by atoms with E-state index in [4.69, 9.17) is 9.29 Å². The second-order valence-electron chi connectivity index (χ2n) is 4.20. The Morgan fingerprint density at radius 1 is 1.44 bits per heavy atom. The predicted molar refractivity (Wildman–Crippen MR) is 66.7 cm³/mol. The molecule has 0 fully saturated rings. The summed E-state index contributed by atoms with van der Waals surface area (Å²) in [4.78, 5) is 11.3. The third-order valence-corrected chi connectivity index (χ3v) is 2.70. The number of hydrogen-bond donors (Lipinski definition) is 2. The minimum Gasteiger partial charge on any atom is -0.456 e. The van der Waals surface area contributed by atoms with Gasteiger partial charge < -0.3 is 10.9 Å². The molecule has 0 saturated heterocycles. The van der Waals surface area contributed by atoms with Crippen molar-refractivity contribution in [3.05, 3.63) is 12.2 Å². The molecule has 0 aromatic heterocycles. The van der Waals surface area contributed by atoms with Gasteiger partial charge >= 0.3 is 16.4 Å². The average molecular weight is 283 g/mol. The summed E-state index contributed by atoms with van der Waals surface area (Å²) in [7, 11) is -4.61. The number of hydrogen-bond acceptors (Lipinski definition) is 6. The molecular formula is C10H21NO6S. The highest BCUT2D eigenvalue weighted by molar-refractivity contribution is 7.80. The maximum atomic E-state index is 11.3. The Morgan fingerprint density at radius 2 is 1.89 bits per heavy atom. The van der Waals surface area contributed by atoms with E-state index in [1.54, 1.807) is 6.92 Å². The van der Waals surface area contributed by atoms with E-state index < -0.39 is 28.1 Å². The molecule has 7 nitrogen and oxygen atoms in total. The highest BCUT2D eigenvalue weighted by Crippen LogP contribution is 2.23. The highest BCUT2D eigenvalue weighted by Gasteiger charge is 2.36. The van der Waals surface area contributed by atoms with Crippen molar-refractivity contribution in [2.75, 3.05) is 0 Å². The lowest BCUT2D eigenvalue weighted by Gasteiger charge is -2.31. The lowest BCUT2D eigenvalue weighted by Crippen LogP contribution is -2.43.